The maximum atomic E-state index is 13.5. The van der Waals surface area contributed by atoms with Crippen LogP contribution in [0.25, 0.3) is 0 Å². The van der Waals surface area contributed by atoms with Gasteiger partial charge in [-0.3, -0.25) is 10.1 Å². The number of aliphatic hydroxyl groups is 1. The first kappa shape index (κ1) is 15.8. The average molecular weight is 318 g/mol. The van der Waals surface area contributed by atoms with E-state index in [9.17, 15) is 28.0 Å². The first-order chi connectivity index (χ1) is 9.79. The standard InChI is InChI=1S/C12H15FN2O5S/c13-11-7-10(5-6-12(11)15(17)18)21(19,20)14-8-1-3-9(16)4-2-8/h5-9,14,16H,1-4H2. The van der Waals surface area contributed by atoms with Crippen molar-refractivity contribution >= 4 is 15.7 Å². The van der Waals surface area contributed by atoms with E-state index in [2.05, 4.69) is 4.72 Å². The number of nitrogens with one attached hydrogen (secondary N) is 1. The van der Waals surface area contributed by atoms with E-state index in [1.165, 1.54) is 0 Å². The van der Waals surface area contributed by atoms with Crippen molar-refractivity contribution in [2.24, 2.45) is 0 Å². The normalized spacial score (nSPS) is 23.0. The van der Waals surface area contributed by atoms with Gasteiger partial charge in [-0.05, 0) is 31.7 Å². The van der Waals surface area contributed by atoms with Crippen molar-refractivity contribution in [3.8, 4) is 0 Å². The van der Waals surface area contributed by atoms with E-state index >= 15 is 0 Å². The fraction of sp³-hybridized carbons (Fsp3) is 0.500. The molecule has 1 fully saturated rings. The minimum absolute atomic E-state index is 0.323. The fourth-order valence-corrected chi connectivity index (χ4v) is 3.60. The Labute approximate surface area is 121 Å². The molecule has 0 radical (unpaired) electrons. The summed E-state index contributed by atoms with van der Waals surface area (Å²) in [6.07, 6.45) is 1.58. The third-order valence-electron chi connectivity index (χ3n) is 3.44. The van der Waals surface area contributed by atoms with Crippen LogP contribution in [-0.4, -0.2) is 30.6 Å². The Morgan fingerprint density at radius 3 is 2.43 bits per heavy atom. The van der Waals surface area contributed by atoms with E-state index < -0.39 is 32.6 Å². The summed E-state index contributed by atoms with van der Waals surface area (Å²) in [5, 5.41) is 19.9. The molecule has 0 unspecified atom stereocenters. The molecular formula is C12H15FN2O5S. The van der Waals surface area contributed by atoms with E-state index in [0.29, 0.717) is 31.7 Å². The number of aliphatic hydroxyl groups excluding tert-OH is 1. The lowest BCUT2D eigenvalue weighted by Gasteiger charge is -2.25. The Bertz CT molecular complexity index is 641. The molecule has 1 aliphatic rings. The zero-order chi connectivity index (χ0) is 15.6. The van der Waals surface area contributed by atoms with Gasteiger partial charge in [-0.15, -0.1) is 0 Å². The molecule has 0 heterocycles. The molecule has 9 heteroatoms. The van der Waals surface area contributed by atoms with Crippen LogP contribution in [0.4, 0.5) is 10.1 Å². The summed E-state index contributed by atoms with van der Waals surface area (Å²) in [6, 6.07) is 2.14. The number of benzene rings is 1. The van der Waals surface area contributed by atoms with Gasteiger partial charge in [0.05, 0.1) is 15.9 Å². The zero-order valence-electron chi connectivity index (χ0n) is 11.0. The number of nitrogens with zero attached hydrogens (tertiary/aromatic N) is 1. The van der Waals surface area contributed by atoms with Gasteiger partial charge in [0.15, 0.2) is 0 Å². The number of rotatable bonds is 4. The Morgan fingerprint density at radius 2 is 1.90 bits per heavy atom. The topological polar surface area (TPSA) is 110 Å². The molecule has 21 heavy (non-hydrogen) atoms. The third-order valence-corrected chi connectivity index (χ3v) is 4.96. The van der Waals surface area contributed by atoms with Crippen molar-refractivity contribution in [1.82, 2.24) is 4.72 Å². The van der Waals surface area contributed by atoms with Crippen LogP contribution in [0.15, 0.2) is 23.1 Å². The van der Waals surface area contributed by atoms with Gasteiger partial charge in [0.1, 0.15) is 0 Å². The number of sulfonamides is 1. The van der Waals surface area contributed by atoms with Crippen LogP contribution in [0.2, 0.25) is 0 Å². The quantitative estimate of drug-likeness (QED) is 0.642. The second-order valence-electron chi connectivity index (χ2n) is 5.00. The molecule has 1 aromatic rings. The smallest absolute Gasteiger partial charge is 0.304 e. The van der Waals surface area contributed by atoms with Crippen LogP contribution in [0, 0.1) is 15.9 Å². The highest BCUT2D eigenvalue weighted by atomic mass is 32.2. The highest BCUT2D eigenvalue weighted by molar-refractivity contribution is 7.89. The van der Waals surface area contributed by atoms with Crippen LogP contribution < -0.4 is 4.72 Å². The monoisotopic (exact) mass is 318 g/mol. The van der Waals surface area contributed by atoms with E-state index in [4.69, 9.17) is 0 Å². The van der Waals surface area contributed by atoms with Gasteiger partial charge in [0, 0.05) is 18.2 Å². The van der Waals surface area contributed by atoms with Crippen LogP contribution in [0.5, 0.6) is 0 Å². The van der Waals surface area contributed by atoms with Gasteiger partial charge in [0.25, 0.3) is 0 Å². The lowest BCUT2D eigenvalue weighted by atomic mass is 9.94. The molecule has 0 bridgehead atoms. The highest BCUT2D eigenvalue weighted by Crippen LogP contribution is 2.23. The summed E-state index contributed by atoms with van der Waals surface area (Å²) in [5.74, 6) is -1.19. The Kier molecular flexibility index (Phi) is 4.55. The van der Waals surface area contributed by atoms with Gasteiger partial charge in [-0.2, -0.15) is 4.39 Å². The summed E-state index contributed by atoms with van der Waals surface area (Å²) >= 11 is 0. The summed E-state index contributed by atoms with van der Waals surface area (Å²) in [5.41, 5.74) is -0.769. The highest BCUT2D eigenvalue weighted by Gasteiger charge is 2.26. The second-order valence-corrected chi connectivity index (χ2v) is 6.71. The van der Waals surface area contributed by atoms with Crippen molar-refractivity contribution < 1.29 is 22.8 Å². The first-order valence-electron chi connectivity index (χ1n) is 6.44. The summed E-state index contributed by atoms with van der Waals surface area (Å²) in [7, 11) is -3.94. The molecule has 0 spiro atoms. The molecular weight excluding hydrogens is 303 g/mol. The maximum absolute atomic E-state index is 13.5. The number of hydrogen-bond donors (Lipinski definition) is 2. The summed E-state index contributed by atoms with van der Waals surface area (Å²) in [6.45, 7) is 0. The summed E-state index contributed by atoms with van der Waals surface area (Å²) in [4.78, 5) is 9.24. The Morgan fingerprint density at radius 1 is 1.29 bits per heavy atom. The largest absolute Gasteiger partial charge is 0.393 e. The molecule has 0 aliphatic heterocycles. The molecule has 0 aromatic heterocycles. The van der Waals surface area contributed by atoms with Gasteiger partial charge < -0.3 is 5.11 Å². The van der Waals surface area contributed by atoms with E-state index in [1.54, 1.807) is 0 Å². The molecule has 7 nitrogen and oxygen atoms in total. The molecule has 116 valence electrons. The minimum Gasteiger partial charge on any atom is -0.393 e. The number of nitro benzene ring substituents is 1. The number of hydrogen-bond acceptors (Lipinski definition) is 5. The molecule has 1 aromatic carbocycles. The number of nitro groups is 1. The second kappa shape index (κ2) is 6.04. The molecule has 2 N–H and O–H groups in total. The third kappa shape index (κ3) is 3.74. The molecule has 0 amide bonds. The lowest BCUT2D eigenvalue weighted by molar-refractivity contribution is -0.387. The molecule has 2 rings (SSSR count). The van der Waals surface area contributed by atoms with E-state index in [-0.39, 0.29) is 10.9 Å². The molecule has 0 atom stereocenters. The SMILES string of the molecule is O=[N+]([O-])c1ccc(S(=O)(=O)NC2CCC(O)CC2)cc1F. The van der Waals surface area contributed by atoms with Crippen LogP contribution in [0.3, 0.4) is 0 Å². The molecule has 1 saturated carbocycles. The zero-order valence-corrected chi connectivity index (χ0v) is 11.8. The predicted octanol–water partition coefficient (Wildman–Crippen LogP) is 1.32. The lowest BCUT2D eigenvalue weighted by Crippen LogP contribution is -2.38. The fourth-order valence-electron chi connectivity index (χ4n) is 2.28. The van der Waals surface area contributed by atoms with Gasteiger partial charge in [-0.25, -0.2) is 13.1 Å². The van der Waals surface area contributed by atoms with Crippen LogP contribution >= 0.6 is 0 Å². The van der Waals surface area contributed by atoms with Crippen LogP contribution in [0.1, 0.15) is 25.7 Å². The first-order valence-corrected chi connectivity index (χ1v) is 7.92. The maximum Gasteiger partial charge on any atom is 0.304 e. The van der Waals surface area contributed by atoms with Crippen molar-refractivity contribution in [1.29, 1.82) is 0 Å². The van der Waals surface area contributed by atoms with Gasteiger partial charge >= 0.3 is 5.69 Å². The van der Waals surface area contributed by atoms with Gasteiger partial charge in [0.2, 0.25) is 15.8 Å². The van der Waals surface area contributed by atoms with Gasteiger partial charge in [-0.1, -0.05) is 0 Å². The Hall–Kier alpha value is -1.58. The minimum atomic E-state index is -3.94. The van der Waals surface area contributed by atoms with Crippen molar-refractivity contribution in [3.05, 3.63) is 34.1 Å². The van der Waals surface area contributed by atoms with Crippen LogP contribution in [-0.2, 0) is 10.0 Å². The molecule has 1 aliphatic carbocycles. The van der Waals surface area contributed by atoms with Crippen molar-refractivity contribution in [3.63, 3.8) is 0 Å². The number of halogens is 1. The van der Waals surface area contributed by atoms with Crippen molar-refractivity contribution in [2.75, 3.05) is 0 Å². The summed E-state index contributed by atoms with van der Waals surface area (Å²) < 4.78 is 40.1. The average Bonchev–Trinajstić information content (AvgIpc) is 2.40. The predicted molar refractivity (Wildman–Crippen MR) is 71.6 cm³/mol. The van der Waals surface area contributed by atoms with E-state index in [1.807, 2.05) is 0 Å². The molecule has 0 saturated heterocycles. The Balaban J connectivity index is 2.16. The van der Waals surface area contributed by atoms with E-state index in [0.717, 1.165) is 12.1 Å². The van der Waals surface area contributed by atoms with Crippen molar-refractivity contribution in [2.45, 2.75) is 42.7 Å².